The van der Waals surface area contributed by atoms with Gasteiger partial charge in [-0.15, -0.1) is 10.2 Å². The zero-order chi connectivity index (χ0) is 17.6. The van der Waals surface area contributed by atoms with Crippen LogP contribution in [0.25, 0.3) is 10.8 Å². The van der Waals surface area contributed by atoms with Crippen molar-refractivity contribution in [3.8, 4) is 0 Å². The minimum Gasteiger partial charge on any atom is -0.423 e. The van der Waals surface area contributed by atoms with Crippen LogP contribution in [-0.2, 0) is 0 Å². The summed E-state index contributed by atoms with van der Waals surface area (Å²) in [5.74, 6) is -3.31. The molecule has 0 N–H and O–H groups in total. The Morgan fingerprint density at radius 3 is 2.84 bits per heavy atom. The molecule has 0 aliphatic carbocycles. The van der Waals surface area contributed by atoms with Gasteiger partial charge in [-0.05, 0) is 11.5 Å². The number of hydrogen-bond acceptors (Lipinski definition) is 5. The average Bonchev–Trinajstić information content (AvgIpc) is 3.16. The number of hydrogen-bond donors (Lipinski definition) is 0. The summed E-state index contributed by atoms with van der Waals surface area (Å²) in [7, 11) is 0. The highest BCUT2D eigenvalue weighted by molar-refractivity contribution is 6.05. The number of likely N-dealkylation sites (tertiary alicyclic amines) is 1. The molecule has 6 nitrogen and oxygen atoms in total. The Balaban J connectivity index is 1.76. The Hall–Kier alpha value is -2.90. The third kappa shape index (κ3) is 2.73. The van der Waals surface area contributed by atoms with Gasteiger partial charge in [-0.1, -0.05) is 24.3 Å². The molecule has 4 rings (SSSR count). The lowest BCUT2D eigenvalue weighted by atomic mass is 10.1. The van der Waals surface area contributed by atoms with Gasteiger partial charge in [0.15, 0.2) is 0 Å². The zero-order valence-corrected chi connectivity index (χ0v) is 13.3. The van der Waals surface area contributed by atoms with Crippen molar-refractivity contribution < 1.29 is 18.0 Å². The Bertz CT molecular complexity index is 951. The largest absolute Gasteiger partial charge is 0.423 e. The molecule has 1 amide bonds. The van der Waals surface area contributed by atoms with Crippen molar-refractivity contribution in [3.05, 3.63) is 54.0 Å². The number of nitrogens with zero attached hydrogens (tertiary/aromatic N) is 4. The molecule has 0 bridgehead atoms. The van der Waals surface area contributed by atoms with E-state index in [-0.39, 0.29) is 17.5 Å². The fourth-order valence-corrected chi connectivity index (χ4v) is 3.12. The van der Waals surface area contributed by atoms with E-state index in [2.05, 4.69) is 15.2 Å². The first kappa shape index (κ1) is 15.6. The number of halogens is 2. The zero-order valence-electron chi connectivity index (χ0n) is 13.3. The normalized spacial score (nSPS) is 19.5. The lowest BCUT2D eigenvalue weighted by Gasteiger charge is -2.21. The van der Waals surface area contributed by atoms with Crippen LogP contribution < -0.4 is 0 Å². The van der Waals surface area contributed by atoms with E-state index >= 15 is 0 Å². The number of benzene rings is 1. The lowest BCUT2D eigenvalue weighted by Crippen LogP contribution is -2.33. The molecule has 1 saturated heterocycles. The van der Waals surface area contributed by atoms with E-state index in [1.807, 2.05) is 12.1 Å². The molecule has 128 valence electrons. The molecule has 8 heteroatoms. The maximum atomic E-state index is 14.0. The predicted molar refractivity (Wildman–Crippen MR) is 84.1 cm³/mol. The summed E-state index contributed by atoms with van der Waals surface area (Å²) in [5, 5.41) is 8.93. The predicted octanol–water partition coefficient (Wildman–Crippen LogP) is 3.15. The number of aromatic nitrogens is 3. The van der Waals surface area contributed by atoms with Crippen molar-refractivity contribution in [2.75, 3.05) is 6.54 Å². The van der Waals surface area contributed by atoms with Gasteiger partial charge < -0.3 is 9.32 Å². The van der Waals surface area contributed by atoms with Gasteiger partial charge in [0, 0.05) is 24.9 Å². The van der Waals surface area contributed by atoms with Crippen LogP contribution in [0, 0.1) is 6.92 Å². The summed E-state index contributed by atoms with van der Waals surface area (Å²) in [5.41, 5.74) is 0.136. The molecule has 3 heterocycles. The quantitative estimate of drug-likeness (QED) is 0.714. The van der Waals surface area contributed by atoms with Gasteiger partial charge in [0.25, 0.3) is 11.8 Å². The van der Waals surface area contributed by atoms with E-state index < -0.39 is 30.8 Å². The van der Waals surface area contributed by atoms with Crippen LogP contribution in [0.2, 0.25) is 0 Å². The fraction of sp³-hybridized carbons (Fsp3) is 0.294. The van der Waals surface area contributed by atoms with Crippen LogP contribution in [0.5, 0.6) is 0 Å². The number of fused-ring (bicyclic) bond motifs is 1. The molecular formula is C17H14F2N4O2. The molecule has 1 fully saturated rings. The van der Waals surface area contributed by atoms with Crippen molar-refractivity contribution in [2.45, 2.75) is 25.3 Å². The SMILES string of the molecule is Cc1nnc([C@@H]2CC(F)(F)CN2C(=O)c2nccc3ccccc23)o1. The van der Waals surface area contributed by atoms with Crippen LogP contribution in [-0.4, -0.2) is 38.5 Å². The van der Waals surface area contributed by atoms with Crippen LogP contribution in [0.3, 0.4) is 0 Å². The van der Waals surface area contributed by atoms with Gasteiger partial charge in [0.05, 0.1) is 6.54 Å². The number of carbonyl (C=O) groups is 1. The minimum absolute atomic E-state index is 0.0169. The molecule has 1 aliphatic rings. The van der Waals surface area contributed by atoms with Crippen molar-refractivity contribution in [1.82, 2.24) is 20.1 Å². The van der Waals surface area contributed by atoms with E-state index in [0.717, 1.165) is 10.3 Å². The van der Waals surface area contributed by atoms with Crippen LogP contribution in [0.1, 0.15) is 34.7 Å². The number of aryl methyl sites for hydroxylation is 1. The lowest BCUT2D eigenvalue weighted by molar-refractivity contribution is 0.0116. The first-order valence-electron chi connectivity index (χ1n) is 7.77. The Kier molecular flexibility index (Phi) is 3.48. The molecule has 1 aliphatic heterocycles. The molecule has 0 spiro atoms. The Morgan fingerprint density at radius 2 is 2.08 bits per heavy atom. The molecule has 25 heavy (non-hydrogen) atoms. The highest BCUT2D eigenvalue weighted by Crippen LogP contribution is 2.41. The number of pyridine rings is 1. The molecule has 2 aromatic heterocycles. The topological polar surface area (TPSA) is 72.1 Å². The average molecular weight is 344 g/mol. The highest BCUT2D eigenvalue weighted by Gasteiger charge is 2.50. The van der Waals surface area contributed by atoms with Gasteiger partial charge in [-0.2, -0.15) is 0 Å². The number of amides is 1. The molecule has 0 radical (unpaired) electrons. The van der Waals surface area contributed by atoms with E-state index in [0.29, 0.717) is 5.39 Å². The maximum absolute atomic E-state index is 14.0. The van der Waals surface area contributed by atoms with Crippen LogP contribution >= 0.6 is 0 Å². The minimum atomic E-state index is -3.02. The fourth-order valence-electron chi connectivity index (χ4n) is 3.12. The molecular weight excluding hydrogens is 330 g/mol. The summed E-state index contributed by atoms with van der Waals surface area (Å²) in [6.45, 7) is 0.866. The van der Waals surface area contributed by atoms with Gasteiger partial charge >= 0.3 is 0 Å². The molecule has 3 aromatic rings. The second kappa shape index (κ2) is 5.58. The van der Waals surface area contributed by atoms with E-state index in [4.69, 9.17) is 4.42 Å². The van der Waals surface area contributed by atoms with E-state index in [9.17, 15) is 13.6 Å². The molecule has 1 aromatic carbocycles. The molecule has 0 unspecified atom stereocenters. The first-order valence-corrected chi connectivity index (χ1v) is 7.77. The number of carbonyl (C=O) groups excluding carboxylic acids is 1. The van der Waals surface area contributed by atoms with Crippen LogP contribution in [0.15, 0.2) is 40.9 Å². The van der Waals surface area contributed by atoms with Crippen LogP contribution in [0.4, 0.5) is 8.78 Å². The summed E-state index contributed by atoms with van der Waals surface area (Å²) < 4.78 is 33.3. The third-order valence-corrected chi connectivity index (χ3v) is 4.23. The third-order valence-electron chi connectivity index (χ3n) is 4.23. The van der Waals surface area contributed by atoms with Crippen molar-refractivity contribution >= 4 is 16.7 Å². The second-order valence-corrected chi connectivity index (χ2v) is 6.05. The monoisotopic (exact) mass is 344 g/mol. The highest BCUT2D eigenvalue weighted by atomic mass is 19.3. The van der Waals surface area contributed by atoms with Crippen molar-refractivity contribution in [1.29, 1.82) is 0 Å². The first-order chi connectivity index (χ1) is 11.9. The van der Waals surface area contributed by atoms with E-state index in [1.54, 1.807) is 25.1 Å². The smallest absolute Gasteiger partial charge is 0.273 e. The summed E-state index contributed by atoms with van der Waals surface area (Å²) in [6, 6.07) is 8.00. The summed E-state index contributed by atoms with van der Waals surface area (Å²) in [4.78, 5) is 18.2. The molecule has 0 saturated carbocycles. The Labute approximate surface area is 141 Å². The Morgan fingerprint density at radius 1 is 1.28 bits per heavy atom. The number of rotatable bonds is 2. The van der Waals surface area contributed by atoms with Gasteiger partial charge in [0.1, 0.15) is 11.7 Å². The number of alkyl halides is 2. The molecule has 1 atom stereocenters. The van der Waals surface area contributed by atoms with E-state index in [1.165, 1.54) is 6.20 Å². The summed E-state index contributed by atoms with van der Waals surface area (Å²) >= 11 is 0. The van der Waals surface area contributed by atoms with Gasteiger partial charge in [-0.25, -0.2) is 8.78 Å². The van der Waals surface area contributed by atoms with Gasteiger partial charge in [0.2, 0.25) is 11.8 Å². The van der Waals surface area contributed by atoms with Crippen molar-refractivity contribution in [2.24, 2.45) is 0 Å². The second-order valence-electron chi connectivity index (χ2n) is 6.05. The maximum Gasteiger partial charge on any atom is 0.273 e. The summed E-state index contributed by atoms with van der Waals surface area (Å²) in [6.07, 6.45) is 0.945. The van der Waals surface area contributed by atoms with Crippen molar-refractivity contribution in [3.63, 3.8) is 0 Å². The van der Waals surface area contributed by atoms with Gasteiger partial charge in [-0.3, -0.25) is 9.78 Å². The standard InChI is InChI=1S/C17H14F2N4O2/c1-10-21-22-15(25-10)13-8-17(18,19)9-23(13)16(24)14-12-5-3-2-4-11(12)6-7-20-14/h2-7,13H,8-9H2,1H3/t13-/m0/s1.